The van der Waals surface area contributed by atoms with Crippen LogP contribution in [0.25, 0.3) is 43.5 Å². The molecule has 5 aromatic rings. The Morgan fingerprint density at radius 2 is 1.24 bits per heavy atom. The van der Waals surface area contributed by atoms with E-state index in [2.05, 4.69) is 170 Å². The van der Waals surface area contributed by atoms with E-state index in [1.807, 2.05) is 0 Å². The molecule has 3 aliphatic rings. The van der Waals surface area contributed by atoms with Crippen LogP contribution < -0.4 is 24.8 Å². The molecule has 0 saturated heterocycles. The predicted octanol–water partition coefficient (Wildman–Crippen LogP) is 6.61. The van der Waals surface area contributed by atoms with E-state index < -0.39 is 0 Å². The fraction of sp³-hybridized carbons (Fsp3) is 0.304. The van der Waals surface area contributed by atoms with E-state index in [0.717, 1.165) is 0 Å². The van der Waals surface area contributed by atoms with Gasteiger partial charge in [-0.15, -0.1) is 39.7 Å². The van der Waals surface area contributed by atoms with E-state index in [0.29, 0.717) is 11.8 Å². The first-order valence-corrected chi connectivity index (χ1v) is 18.5. The molecule has 0 amide bonds. The third-order valence-electron chi connectivity index (χ3n) is 10.3. The topological polar surface area (TPSA) is 0 Å². The minimum absolute atomic E-state index is 0. The number of fused-ring (bicyclic) bond motifs is 6. The van der Waals surface area contributed by atoms with Crippen LogP contribution in [0.15, 0.2) is 102 Å². The third kappa shape index (κ3) is 7.52. The van der Waals surface area contributed by atoms with Crippen LogP contribution in [-0.2, 0) is 35.1 Å². The van der Waals surface area contributed by atoms with Crippen LogP contribution >= 0.6 is 0 Å². The van der Waals surface area contributed by atoms with Crippen LogP contribution in [0, 0.1) is 17.9 Å². The minimum atomic E-state index is 0. The molecular formula is C46H48Cl2Zr-2. The van der Waals surface area contributed by atoms with E-state index >= 15 is 0 Å². The Morgan fingerprint density at radius 3 is 1.69 bits per heavy atom. The van der Waals surface area contributed by atoms with Crippen molar-refractivity contribution in [1.82, 2.24) is 0 Å². The summed E-state index contributed by atoms with van der Waals surface area (Å²) < 4.78 is 2.23. The van der Waals surface area contributed by atoms with Gasteiger partial charge in [-0.2, -0.15) is 11.6 Å². The Balaban J connectivity index is 0.000000189. The molecule has 0 nitrogen and oxygen atoms in total. The molecule has 5 aromatic carbocycles. The number of halogens is 2. The second-order valence-corrected chi connectivity index (χ2v) is 16.0. The molecule has 49 heavy (non-hydrogen) atoms. The van der Waals surface area contributed by atoms with Crippen molar-refractivity contribution < 1.29 is 49.0 Å². The average Bonchev–Trinajstić information content (AvgIpc) is 3.69. The van der Waals surface area contributed by atoms with Crippen molar-refractivity contribution in [2.75, 3.05) is 0 Å². The number of rotatable bonds is 2. The van der Waals surface area contributed by atoms with Gasteiger partial charge in [-0.25, -0.2) is 5.57 Å². The summed E-state index contributed by atoms with van der Waals surface area (Å²) in [5, 5.41) is 8.26. The standard InChI is InChI=1S/C25H25.C11H8.C10H15.2ClH.Zr/c1-14-12-24(3,4)22-8-16-7-17-9-23-19(15(2)13-25(23,5)6)11-21(17)20(16)10-18(14)22;1-9-5-4-7-10-6-2-3-8-11(9)10;1-7(2)10-6-8(3)5-9(10)4;;;/h7-13H,1-6H3;1-8H;6-8H,1-4H3;2*1H;/q-1;;-1;;;+2/p-2. The molecule has 0 aliphatic heterocycles. The van der Waals surface area contributed by atoms with Crippen molar-refractivity contribution in [2.24, 2.45) is 11.8 Å². The van der Waals surface area contributed by atoms with E-state index in [1.54, 1.807) is 0 Å². The zero-order valence-electron chi connectivity index (χ0n) is 30.6. The van der Waals surface area contributed by atoms with E-state index in [9.17, 15) is 0 Å². The molecule has 3 heteroatoms. The summed E-state index contributed by atoms with van der Waals surface area (Å²) in [6, 6.07) is 27.0. The van der Waals surface area contributed by atoms with Gasteiger partial charge in [0.05, 0.1) is 0 Å². The summed E-state index contributed by atoms with van der Waals surface area (Å²) in [6.45, 7) is 22.6. The van der Waals surface area contributed by atoms with Crippen LogP contribution in [-0.4, -0.2) is 3.71 Å². The monoisotopic (exact) mass is 760 g/mol. The van der Waals surface area contributed by atoms with Crippen molar-refractivity contribution in [3.05, 3.63) is 136 Å². The Bertz CT molecular complexity index is 2080. The Kier molecular flexibility index (Phi) is 11.9. The normalized spacial score (nSPS) is 17.8. The maximum atomic E-state index is 3.37. The second kappa shape index (κ2) is 14.9. The van der Waals surface area contributed by atoms with Crippen LogP contribution in [0.4, 0.5) is 0 Å². The van der Waals surface area contributed by atoms with Crippen LogP contribution in [0.1, 0.15) is 97.1 Å². The van der Waals surface area contributed by atoms with Crippen molar-refractivity contribution in [1.29, 1.82) is 0 Å². The summed E-state index contributed by atoms with van der Waals surface area (Å²) in [5.74, 6) is 1.20. The van der Waals surface area contributed by atoms with Gasteiger partial charge in [0.25, 0.3) is 0 Å². The summed E-state index contributed by atoms with van der Waals surface area (Å²) >= 11 is 1.46. The van der Waals surface area contributed by atoms with E-state index in [1.165, 1.54) is 107 Å². The van der Waals surface area contributed by atoms with Gasteiger partial charge in [0, 0.05) is 10.8 Å². The summed E-state index contributed by atoms with van der Waals surface area (Å²) in [6.07, 6.45) is 10.5. The molecule has 0 heterocycles. The van der Waals surface area contributed by atoms with Crippen LogP contribution in [0.5, 0.6) is 0 Å². The Morgan fingerprint density at radius 1 is 0.735 bits per heavy atom. The quantitative estimate of drug-likeness (QED) is 0.178. The molecule has 252 valence electrons. The van der Waals surface area contributed by atoms with Gasteiger partial charge >= 0.3 is 86.7 Å². The maximum absolute atomic E-state index is 3.37. The molecule has 0 spiro atoms. The number of allylic oxidation sites excluding steroid dienone is 8. The molecule has 3 aliphatic carbocycles. The number of benzene rings is 4. The fourth-order valence-corrected chi connectivity index (χ4v) is 8.70. The Labute approximate surface area is 322 Å². The molecule has 1 unspecified atom stereocenters. The molecule has 0 N–H and O–H groups in total. The van der Waals surface area contributed by atoms with Gasteiger partial charge in [0.2, 0.25) is 0 Å². The first kappa shape index (κ1) is 39.1. The van der Waals surface area contributed by atoms with Crippen molar-refractivity contribution in [2.45, 2.75) is 80.1 Å². The first-order chi connectivity index (χ1) is 22.2. The second-order valence-electron chi connectivity index (χ2n) is 15.3. The molecule has 0 aromatic heterocycles. The molecule has 1 atom stereocenters. The van der Waals surface area contributed by atoms with Crippen molar-refractivity contribution >= 4 is 47.2 Å². The first-order valence-electron chi connectivity index (χ1n) is 17.1. The van der Waals surface area contributed by atoms with Gasteiger partial charge in [-0.1, -0.05) is 103 Å². The SMILES string of the molecule is CC1=CC(C)(C)c2cc3[cH-]c4cc5c(cc4c3cc21)C(C)=CC5(C)C.CC1=[C-]C(C)C=C1C(C)C.[Cl-].[Cl-].[Zr+2]=[CH]c1cccc2ccccc12. The molecule has 0 bridgehead atoms. The zero-order chi connectivity index (χ0) is 33.8. The molecular weight excluding hydrogens is 715 g/mol. The third-order valence-corrected chi connectivity index (χ3v) is 11.0. The molecule has 8 rings (SSSR count). The van der Waals surface area contributed by atoms with Gasteiger partial charge in [-0.05, 0) is 36.1 Å². The van der Waals surface area contributed by atoms with Crippen LogP contribution in [0.2, 0.25) is 0 Å². The van der Waals surface area contributed by atoms with E-state index in [-0.39, 0.29) is 35.6 Å². The van der Waals surface area contributed by atoms with Crippen molar-refractivity contribution in [3.8, 4) is 0 Å². The van der Waals surface area contributed by atoms with Gasteiger partial charge in [-0.3, -0.25) is 6.08 Å². The van der Waals surface area contributed by atoms with Gasteiger partial charge in [0.1, 0.15) is 0 Å². The Hall–Kier alpha value is -2.70. The molecule has 0 saturated carbocycles. The average molecular weight is 763 g/mol. The van der Waals surface area contributed by atoms with Gasteiger partial charge in [0.15, 0.2) is 0 Å². The summed E-state index contributed by atoms with van der Waals surface area (Å²) in [4.78, 5) is 0. The molecule has 0 radical (unpaired) electrons. The number of hydrogen-bond donors (Lipinski definition) is 0. The number of hydrogen-bond acceptors (Lipinski definition) is 0. The summed E-state index contributed by atoms with van der Waals surface area (Å²) in [7, 11) is 0. The summed E-state index contributed by atoms with van der Waals surface area (Å²) in [5.41, 5.74) is 13.1. The van der Waals surface area contributed by atoms with Crippen molar-refractivity contribution in [3.63, 3.8) is 0 Å². The molecule has 0 fully saturated rings. The van der Waals surface area contributed by atoms with E-state index in [4.69, 9.17) is 0 Å². The predicted molar refractivity (Wildman–Crippen MR) is 204 cm³/mol. The fourth-order valence-electron chi connectivity index (χ4n) is 8.08. The zero-order valence-corrected chi connectivity index (χ0v) is 34.6. The van der Waals surface area contributed by atoms with Gasteiger partial charge < -0.3 is 24.8 Å². The van der Waals surface area contributed by atoms with Crippen LogP contribution in [0.3, 0.4) is 0 Å².